The maximum atomic E-state index is 13.0. The van der Waals surface area contributed by atoms with E-state index in [1.54, 1.807) is 13.8 Å². The lowest BCUT2D eigenvalue weighted by Gasteiger charge is -2.13. The molecular formula is C12H17FO. The summed E-state index contributed by atoms with van der Waals surface area (Å²) in [5, 5.41) is 0. The Labute approximate surface area is 84.9 Å². The molecule has 0 atom stereocenters. The van der Waals surface area contributed by atoms with E-state index >= 15 is 0 Å². The van der Waals surface area contributed by atoms with Gasteiger partial charge in [-0.2, -0.15) is 0 Å². The molecule has 0 fully saturated rings. The second-order valence-corrected chi connectivity index (χ2v) is 4.01. The molecule has 0 saturated heterocycles. The Balaban J connectivity index is 2.17. The van der Waals surface area contributed by atoms with Gasteiger partial charge < -0.3 is 4.74 Å². The molecule has 0 spiro atoms. The predicted molar refractivity (Wildman–Crippen MR) is 55.9 cm³/mol. The van der Waals surface area contributed by atoms with Gasteiger partial charge in [0, 0.05) is 6.42 Å². The summed E-state index contributed by atoms with van der Waals surface area (Å²) in [4.78, 5) is 0. The molecule has 0 saturated carbocycles. The molecule has 0 amide bonds. The van der Waals surface area contributed by atoms with Crippen LogP contribution in [0.2, 0.25) is 0 Å². The summed E-state index contributed by atoms with van der Waals surface area (Å²) < 4.78 is 18.4. The first-order valence-corrected chi connectivity index (χ1v) is 4.88. The van der Waals surface area contributed by atoms with Crippen molar-refractivity contribution in [3.8, 4) is 0 Å². The van der Waals surface area contributed by atoms with Crippen molar-refractivity contribution in [2.75, 3.05) is 6.61 Å². The Hall–Kier alpha value is -0.890. The third-order valence-corrected chi connectivity index (χ3v) is 1.95. The highest BCUT2D eigenvalue weighted by Crippen LogP contribution is 2.13. The fraction of sp³-hybridized carbons (Fsp3) is 0.500. The molecule has 0 aliphatic carbocycles. The zero-order valence-corrected chi connectivity index (χ0v) is 8.79. The zero-order valence-electron chi connectivity index (χ0n) is 8.79. The molecular weight excluding hydrogens is 179 g/mol. The fourth-order valence-corrected chi connectivity index (χ4v) is 1.08. The Morgan fingerprint density at radius 2 is 1.86 bits per heavy atom. The first kappa shape index (κ1) is 11.2. The molecule has 1 rings (SSSR count). The van der Waals surface area contributed by atoms with Crippen LogP contribution in [0.5, 0.6) is 0 Å². The van der Waals surface area contributed by atoms with Crippen molar-refractivity contribution >= 4 is 0 Å². The van der Waals surface area contributed by atoms with Crippen molar-refractivity contribution < 1.29 is 9.13 Å². The highest BCUT2D eigenvalue weighted by Gasteiger charge is 2.14. The van der Waals surface area contributed by atoms with Crippen LogP contribution in [0.1, 0.15) is 25.8 Å². The second-order valence-electron chi connectivity index (χ2n) is 4.01. The summed E-state index contributed by atoms with van der Waals surface area (Å²) in [5.41, 5.74) is 0.000570. The van der Waals surface area contributed by atoms with Gasteiger partial charge in [-0.1, -0.05) is 30.3 Å². The number of rotatable bonds is 5. The van der Waals surface area contributed by atoms with Gasteiger partial charge in [0.1, 0.15) is 5.67 Å². The van der Waals surface area contributed by atoms with Gasteiger partial charge in [-0.15, -0.1) is 0 Å². The minimum atomic E-state index is -1.13. The van der Waals surface area contributed by atoms with Gasteiger partial charge in [0.25, 0.3) is 0 Å². The predicted octanol–water partition coefficient (Wildman–Crippen LogP) is 3.34. The van der Waals surface area contributed by atoms with E-state index in [9.17, 15) is 4.39 Å². The normalized spacial score (nSPS) is 11.6. The van der Waals surface area contributed by atoms with Crippen molar-refractivity contribution in [1.29, 1.82) is 0 Å². The topological polar surface area (TPSA) is 9.23 Å². The molecule has 0 bridgehead atoms. The van der Waals surface area contributed by atoms with Crippen LogP contribution in [0.4, 0.5) is 4.39 Å². The molecule has 2 heteroatoms. The minimum absolute atomic E-state index is 0.444. The average Bonchev–Trinajstić information content (AvgIpc) is 2.13. The molecule has 0 radical (unpaired) electrons. The maximum Gasteiger partial charge on any atom is 0.107 e. The van der Waals surface area contributed by atoms with Crippen molar-refractivity contribution in [1.82, 2.24) is 0 Å². The number of benzene rings is 1. The summed E-state index contributed by atoms with van der Waals surface area (Å²) >= 11 is 0. The third-order valence-electron chi connectivity index (χ3n) is 1.95. The van der Waals surface area contributed by atoms with Crippen molar-refractivity contribution in [2.24, 2.45) is 0 Å². The number of alkyl halides is 1. The Bertz CT molecular complexity index is 251. The Morgan fingerprint density at radius 1 is 1.21 bits per heavy atom. The molecule has 1 nitrogen and oxygen atoms in total. The van der Waals surface area contributed by atoms with Gasteiger partial charge in [0.2, 0.25) is 0 Å². The minimum Gasteiger partial charge on any atom is -0.377 e. The number of halogens is 1. The third kappa shape index (κ3) is 4.97. The lowest BCUT2D eigenvalue weighted by Crippen LogP contribution is -2.14. The number of hydrogen-bond acceptors (Lipinski definition) is 1. The highest BCUT2D eigenvalue weighted by atomic mass is 19.1. The molecule has 0 unspecified atom stereocenters. The lowest BCUT2D eigenvalue weighted by molar-refractivity contribution is 0.0762. The summed E-state index contributed by atoms with van der Waals surface area (Å²) in [6.07, 6.45) is 0.444. The van der Waals surface area contributed by atoms with E-state index in [1.165, 1.54) is 0 Å². The van der Waals surface area contributed by atoms with Crippen LogP contribution < -0.4 is 0 Å². The van der Waals surface area contributed by atoms with Gasteiger partial charge >= 0.3 is 0 Å². The molecule has 0 aliphatic heterocycles. The maximum absolute atomic E-state index is 13.0. The SMILES string of the molecule is CC(C)(F)CCOCc1ccccc1. The van der Waals surface area contributed by atoms with Gasteiger partial charge in [0.15, 0.2) is 0 Å². The van der Waals surface area contributed by atoms with E-state index in [0.717, 1.165) is 5.56 Å². The van der Waals surface area contributed by atoms with Gasteiger partial charge in [-0.25, -0.2) is 4.39 Å². The first-order chi connectivity index (χ1) is 6.58. The number of ether oxygens (including phenoxy) is 1. The van der Waals surface area contributed by atoms with Crippen molar-refractivity contribution in [2.45, 2.75) is 32.5 Å². The Kier molecular flexibility index (Phi) is 4.08. The molecule has 1 aromatic carbocycles. The second kappa shape index (κ2) is 5.11. The molecule has 1 aromatic rings. The van der Waals surface area contributed by atoms with E-state index in [4.69, 9.17) is 4.74 Å². The smallest absolute Gasteiger partial charge is 0.107 e. The molecule has 0 heterocycles. The van der Waals surface area contributed by atoms with E-state index < -0.39 is 5.67 Å². The van der Waals surface area contributed by atoms with Crippen LogP contribution >= 0.6 is 0 Å². The highest BCUT2D eigenvalue weighted by molar-refractivity contribution is 5.13. The van der Waals surface area contributed by atoms with E-state index in [0.29, 0.717) is 19.6 Å². The lowest BCUT2D eigenvalue weighted by atomic mass is 10.1. The average molecular weight is 196 g/mol. The Morgan fingerprint density at radius 3 is 2.43 bits per heavy atom. The van der Waals surface area contributed by atoms with Gasteiger partial charge in [-0.05, 0) is 19.4 Å². The summed E-state index contributed by atoms with van der Waals surface area (Å²) in [6.45, 7) is 4.17. The largest absolute Gasteiger partial charge is 0.377 e. The van der Waals surface area contributed by atoms with Crippen molar-refractivity contribution in [3.63, 3.8) is 0 Å². The summed E-state index contributed by atoms with van der Waals surface area (Å²) in [5.74, 6) is 0. The van der Waals surface area contributed by atoms with Crippen LogP contribution in [0.3, 0.4) is 0 Å². The van der Waals surface area contributed by atoms with Crippen LogP contribution in [-0.2, 0) is 11.3 Å². The van der Waals surface area contributed by atoms with Crippen LogP contribution in [0, 0.1) is 0 Å². The summed E-state index contributed by atoms with van der Waals surface area (Å²) in [6, 6.07) is 9.91. The zero-order chi connectivity index (χ0) is 10.4. The molecule has 78 valence electrons. The van der Waals surface area contributed by atoms with Crippen LogP contribution in [-0.4, -0.2) is 12.3 Å². The van der Waals surface area contributed by atoms with E-state index in [-0.39, 0.29) is 0 Å². The van der Waals surface area contributed by atoms with Gasteiger partial charge in [0.05, 0.1) is 13.2 Å². The monoisotopic (exact) mass is 196 g/mol. The fourth-order valence-electron chi connectivity index (χ4n) is 1.08. The molecule has 14 heavy (non-hydrogen) atoms. The quantitative estimate of drug-likeness (QED) is 0.656. The van der Waals surface area contributed by atoms with Crippen LogP contribution in [0.15, 0.2) is 30.3 Å². The van der Waals surface area contributed by atoms with Gasteiger partial charge in [-0.3, -0.25) is 0 Å². The van der Waals surface area contributed by atoms with Crippen molar-refractivity contribution in [3.05, 3.63) is 35.9 Å². The standard InChI is InChI=1S/C12H17FO/c1-12(2,13)8-9-14-10-11-6-4-3-5-7-11/h3-7H,8-10H2,1-2H3. The number of hydrogen-bond donors (Lipinski definition) is 0. The molecule has 0 aromatic heterocycles. The van der Waals surface area contributed by atoms with E-state index in [2.05, 4.69) is 0 Å². The van der Waals surface area contributed by atoms with E-state index in [1.807, 2.05) is 30.3 Å². The molecule has 0 N–H and O–H groups in total. The molecule has 0 aliphatic rings. The first-order valence-electron chi connectivity index (χ1n) is 4.88. The van der Waals surface area contributed by atoms with Crippen LogP contribution in [0.25, 0.3) is 0 Å². The summed E-state index contributed by atoms with van der Waals surface area (Å²) in [7, 11) is 0.